The maximum absolute atomic E-state index is 5.31. The van der Waals surface area contributed by atoms with E-state index in [9.17, 15) is 0 Å². The number of nitrogens with zero attached hydrogens (tertiary/aromatic N) is 1. The number of hydrogen-bond donors (Lipinski definition) is 1. The average Bonchev–Trinajstić information content (AvgIpc) is 2.67. The molecule has 1 aromatic heterocycles. The Hall–Kier alpha value is -0.800. The van der Waals surface area contributed by atoms with E-state index >= 15 is 0 Å². The summed E-state index contributed by atoms with van der Waals surface area (Å²) in [5, 5.41) is 3.53. The van der Waals surface area contributed by atoms with Gasteiger partial charge in [0.25, 0.3) is 0 Å². The molecule has 2 rings (SSSR count). The molecule has 1 saturated heterocycles. The van der Waals surface area contributed by atoms with E-state index < -0.39 is 0 Å². The zero-order valence-electron chi connectivity index (χ0n) is 8.70. The van der Waals surface area contributed by atoms with E-state index in [1.807, 2.05) is 12.1 Å². The molecule has 0 saturated carbocycles. The second kappa shape index (κ2) is 4.62. The Morgan fingerprint density at radius 2 is 2.57 bits per heavy atom. The Bertz CT molecular complexity index is 258. The molecule has 1 fully saturated rings. The van der Waals surface area contributed by atoms with Crippen LogP contribution in [0.15, 0.2) is 22.8 Å². The van der Waals surface area contributed by atoms with Gasteiger partial charge in [0.1, 0.15) is 5.76 Å². The second-order valence-corrected chi connectivity index (χ2v) is 4.03. The van der Waals surface area contributed by atoms with Gasteiger partial charge in [0.2, 0.25) is 0 Å². The van der Waals surface area contributed by atoms with Crippen molar-refractivity contribution < 1.29 is 4.42 Å². The van der Waals surface area contributed by atoms with Gasteiger partial charge in [0, 0.05) is 32.1 Å². The highest BCUT2D eigenvalue weighted by Crippen LogP contribution is 2.08. The fourth-order valence-corrected chi connectivity index (χ4v) is 1.96. The molecule has 1 aliphatic rings. The third kappa shape index (κ3) is 2.59. The standard InChI is InChI=1S/C11H18N2O/c1-13-7-6-12-10(9-13)4-5-11-3-2-8-14-11/h2-3,8,10,12H,4-7,9H2,1H3. The molecule has 2 heterocycles. The van der Waals surface area contributed by atoms with Crippen LogP contribution in [0.4, 0.5) is 0 Å². The van der Waals surface area contributed by atoms with Gasteiger partial charge in [-0.3, -0.25) is 0 Å². The third-order valence-electron chi connectivity index (χ3n) is 2.78. The molecule has 1 aromatic rings. The maximum atomic E-state index is 5.31. The fourth-order valence-electron chi connectivity index (χ4n) is 1.96. The van der Waals surface area contributed by atoms with Gasteiger partial charge in [-0.05, 0) is 25.6 Å². The zero-order valence-corrected chi connectivity index (χ0v) is 8.70. The smallest absolute Gasteiger partial charge is 0.103 e. The topological polar surface area (TPSA) is 28.4 Å². The molecule has 3 heteroatoms. The lowest BCUT2D eigenvalue weighted by atomic mass is 10.1. The molecule has 78 valence electrons. The molecule has 14 heavy (non-hydrogen) atoms. The first kappa shape index (κ1) is 9.74. The summed E-state index contributed by atoms with van der Waals surface area (Å²) >= 11 is 0. The Kier molecular flexibility index (Phi) is 3.22. The van der Waals surface area contributed by atoms with Crippen molar-refractivity contribution in [3.8, 4) is 0 Å². The summed E-state index contributed by atoms with van der Waals surface area (Å²) in [6.45, 7) is 3.43. The van der Waals surface area contributed by atoms with Crippen LogP contribution in [-0.2, 0) is 6.42 Å². The molecular weight excluding hydrogens is 176 g/mol. The number of hydrogen-bond acceptors (Lipinski definition) is 3. The minimum Gasteiger partial charge on any atom is -0.469 e. The Morgan fingerprint density at radius 1 is 1.64 bits per heavy atom. The van der Waals surface area contributed by atoms with Crippen LogP contribution >= 0.6 is 0 Å². The van der Waals surface area contributed by atoms with E-state index in [4.69, 9.17) is 4.42 Å². The van der Waals surface area contributed by atoms with E-state index in [1.54, 1.807) is 6.26 Å². The van der Waals surface area contributed by atoms with Gasteiger partial charge in [0.15, 0.2) is 0 Å². The Balaban J connectivity index is 1.75. The van der Waals surface area contributed by atoms with Crippen molar-refractivity contribution in [3.63, 3.8) is 0 Å². The lowest BCUT2D eigenvalue weighted by Crippen LogP contribution is -2.49. The number of piperazine rings is 1. The molecule has 1 N–H and O–H groups in total. The molecule has 0 bridgehead atoms. The van der Waals surface area contributed by atoms with E-state index in [1.165, 1.54) is 0 Å². The molecule has 1 aliphatic heterocycles. The predicted molar refractivity (Wildman–Crippen MR) is 56.3 cm³/mol. The lowest BCUT2D eigenvalue weighted by Gasteiger charge is -2.30. The minimum atomic E-state index is 0.624. The number of likely N-dealkylation sites (N-methyl/N-ethyl adjacent to an activating group) is 1. The van der Waals surface area contributed by atoms with Crippen molar-refractivity contribution in [2.45, 2.75) is 18.9 Å². The predicted octanol–water partition coefficient (Wildman–Crippen LogP) is 1.12. The van der Waals surface area contributed by atoms with Gasteiger partial charge in [-0.2, -0.15) is 0 Å². The quantitative estimate of drug-likeness (QED) is 0.781. The molecule has 0 amide bonds. The SMILES string of the molecule is CN1CCNC(CCc2ccco2)C1. The molecule has 0 radical (unpaired) electrons. The molecule has 1 unspecified atom stereocenters. The first-order chi connectivity index (χ1) is 6.84. The molecule has 0 spiro atoms. The molecular formula is C11H18N2O. The minimum absolute atomic E-state index is 0.624. The highest BCUT2D eigenvalue weighted by atomic mass is 16.3. The number of nitrogens with one attached hydrogen (secondary N) is 1. The zero-order chi connectivity index (χ0) is 9.80. The van der Waals surface area contributed by atoms with Crippen LogP contribution < -0.4 is 5.32 Å². The molecule has 0 aromatic carbocycles. The van der Waals surface area contributed by atoms with Gasteiger partial charge in [-0.15, -0.1) is 0 Å². The highest BCUT2D eigenvalue weighted by Gasteiger charge is 2.16. The van der Waals surface area contributed by atoms with Gasteiger partial charge in [0.05, 0.1) is 6.26 Å². The summed E-state index contributed by atoms with van der Waals surface area (Å²) in [4.78, 5) is 2.38. The summed E-state index contributed by atoms with van der Waals surface area (Å²) in [5.41, 5.74) is 0. The van der Waals surface area contributed by atoms with Crippen molar-refractivity contribution in [1.29, 1.82) is 0 Å². The van der Waals surface area contributed by atoms with E-state index in [0.717, 1.165) is 38.2 Å². The van der Waals surface area contributed by atoms with Gasteiger partial charge >= 0.3 is 0 Å². The summed E-state index contributed by atoms with van der Waals surface area (Å²) in [5.74, 6) is 1.10. The van der Waals surface area contributed by atoms with E-state index in [-0.39, 0.29) is 0 Å². The number of furan rings is 1. The van der Waals surface area contributed by atoms with Crippen molar-refractivity contribution >= 4 is 0 Å². The second-order valence-electron chi connectivity index (χ2n) is 4.03. The van der Waals surface area contributed by atoms with Crippen LogP contribution in [0.25, 0.3) is 0 Å². The first-order valence-corrected chi connectivity index (χ1v) is 5.29. The number of rotatable bonds is 3. The van der Waals surface area contributed by atoms with Crippen molar-refractivity contribution in [3.05, 3.63) is 24.2 Å². The largest absolute Gasteiger partial charge is 0.469 e. The summed E-state index contributed by atoms with van der Waals surface area (Å²) < 4.78 is 5.31. The van der Waals surface area contributed by atoms with Crippen LogP contribution in [0.5, 0.6) is 0 Å². The number of aryl methyl sites for hydroxylation is 1. The van der Waals surface area contributed by atoms with Crippen molar-refractivity contribution in [2.75, 3.05) is 26.7 Å². The van der Waals surface area contributed by atoms with Crippen LogP contribution in [0.1, 0.15) is 12.2 Å². The maximum Gasteiger partial charge on any atom is 0.103 e. The third-order valence-corrected chi connectivity index (χ3v) is 2.78. The van der Waals surface area contributed by atoms with Crippen molar-refractivity contribution in [2.24, 2.45) is 0 Å². The van der Waals surface area contributed by atoms with Crippen molar-refractivity contribution in [1.82, 2.24) is 10.2 Å². The molecule has 1 atom stereocenters. The summed E-state index contributed by atoms with van der Waals surface area (Å²) in [7, 11) is 2.18. The van der Waals surface area contributed by atoms with E-state index in [2.05, 4.69) is 17.3 Å². The average molecular weight is 194 g/mol. The Labute approximate surface area is 85.1 Å². The van der Waals surface area contributed by atoms with Crippen LogP contribution in [-0.4, -0.2) is 37.6 Å². The Morgan fingerprint density at radius 3 is 3.29 bits per heavy atom. The fraction of sp³-hybridized carbons (Fsp3) is 0.636. The highest BCUT2D eigenvalue weighted by molar-refractivity contribution is 4.98. The first-order valence-electron chi connectivity index (χ1n) is 5.29. The summed E-state index contributed by atoms with van der Waals surface area (Å²) in [6.07, 6.45) is 3.95. The van der Waals surface area contributed by atoms with Gasteiger partial charge in [-0.25, -0.2) is 0 Å². The lowest BCUT2D eigenvalue weighted by molar-refractivity contribution is 0.230. The van der Waals surface area contributed by atoms with Crippen LogP contribution in [0.2, 0.25) is 0 Å². The molecule has 3 nitrogen and oxygen atoms in total. The normalized spacial score (nSPS) is 23.9. The van der Waals surface area contributed by atoms with Gasteiger partial charge in [-0.1, -0.05) is 0 Å². The summed E-state index contributed by atoms with van der Waals surface area (Å²) in [6, 6.07) is 4.63. The van der Waals surface area contributed by atoms with Gasteiger partial charge < -0.3 is 14.6 Å². The van der Waals surface area contributed by atoms with Crippen LogP contribution in [0, 0.1) is 0 Å². The van der Waals surface area contributed by atoms with E-state index in [0.29, 0.717) is 6.04 Å². The van der Waals surface area contributed by atoms with Crippen LogP contribution in [0.3, 0.4) is 0 Å². The molecule has 0 aliphatic carbocycles. The monoisotopic (exact) mass is 194 g/mol.